The highest BCUT2D eigenvalue weighted by molar-refractivity contribution is 5.99. The summed E-state index contributed by atoms with van der Waals surface area (Å²) in [5, 5.41) is 9.16. The molecule has 0 unspecified atom stereocenters. The first-order valence-corrected chi connectivity index (χ1v) is 6.54. The molecule has 0 amide bonds. The van der Waals surface area contributed by atoms with Crippen molar-refractivity contribution in [3.8, 4) is 11.3 Å². The van der Waals surface area contributed by atoms with Crippen molar-refractivity contribution in [1.29, 1.82) is 0 Å². The minimum atomic E-state index is -1.01. The van der Waals surface area contributed by atoms with Crippen LogP contribution in [0.5, 0.6) is 0 Å². The van der Waals surface area contributed by atoms with E-state index < -0.39 is 5.97 Å². The second-order valence-electron chi connectivity index (χ2n) is 6.05. The van der Waals surface area contributed by atoms with Gasteiger partial charge in [-0.25, -0.2) is 4.79 Å². The summed E-state index contributed by atoms with van der Waals surface area (Å²) in [4.78, 5) is 14.2. The van der Waals surface area contributed by atoms with Crippen molar-refractivity contribution in [1.82, 2.24) is 4.98 Å². The summed E-state index contributed by atoms with van der Waals surface area (Å²) in [5.74, 6) is -1.01. The third-order valence-corrected chi connectivity index (χ3v) is 3.48. The molecule has 1 heterocycles. The monoisotopic (exact) mass is 272 g/mol. The van der Waals surface area contributed by atoms with E-state index in [0.29, 0.717) is 17.1 Å². The zero-order chi connectivity index (χ0) is 15.1. The van der Waals surface area contributed by atoms with Gasteiger partial charge >= 0.3 is 5.97 Å². The second-order valence-corrected chi connectivity index (χ2v) is 6.05. The molecule has 4 heteroatoms. The van der Waals surface area contributed by atoms with Gasteiger partial charge in [0.15, 0.2) is 0 Å². The lowest BCUT2D eigenvalue weighted by Gasteiger charge is -2.19. The Balaban J connectivity index is 2.48. The third kappa shape index (κ3) is 2.41. The van der Waals surface area contributed by atoms with Gasteiger partial charge in [-0.1, -0.05) is 45.0 Å². The number of benzene rings is 1. The molecule has 1 aromatic carbocycles. The fraction of sp³-hybridized carbons (Fsp3) is 0.312. The van der Waals surface area contributed by atoms with Crippen LogP contribution in [0.3, 0.4) is 0 Å². The number of anilines is 1. The minimum absolute atomic E-state index is 0.0853. The topological polar surface area (TPSA) is 79.1 Å². The van der Waals surface area contributed by atoms with Gasteiger partial charge in [0, 0.05) is 11.3 Å². The summed E-state index contributed by atoms with van der Waals surface area (Å²) in [6, 6.07) is 8.03. The van der Waals surface area contributed by atoms with Crippen molar-refractivity contribution >= 4 is 11.7 Å². The van der Waals surface area contributed by atoms with Crippen molar-refractivity contribution in [2.45, 2.75) is 33.1 Å². The van der Waals surface area contributed by atoms with E-state index in [1.807, 2.05) is 24.3 Å². The third-order valence-electron chi connectivity index (χ3n) is 3.48. The van der Waals surface area contributed by atoms with Crippen LogP contribution in [-0.4, -0.2) is 16.1 Å². The van der Waals surface area contributed by atoms with Crippen molar-refractivity contribution in [3.63, 3.8) is 0 Å². The van der Waals surface area contributed by atoms with E-state index in [2.05, 4.69) is 25.8 Å². The Labute approximate surface area is 118 Å². The largest absolute Gasteiger partial charge is 0.478 e. The van der Waals surface area contributed by atoms with Gasteiger partial charge in [-0.2, -0.15) is 0 Å². The van der Waals surface area contributed by atoms with E-state index in [1.54, 1.807) is 6.92 Å². The van der Waals surface area contributed by atoms with E-state index >= 15 is 0 Å². The van der Waals surface area contributed by atoms with Gasteiger partial charge in [-0.3, -0.25) is 0 Å². The Hall–Kier alpha value is -2.23. The molecule has 2 aromatic rings. The molecule has 1 aromatic heterocycles. The Bertz CT molecular complexity index is 646. The number of carboxylic acids is 1. The van der Waals surface area contributed by atoms with E-state index in [9.17, 15) is 4.79 Å². The Morgan fingerprint density at radius 1 is 1.20 bits per heavy atom. The molecule has 20 heavy (non-hydrogen) atoms. The van der Waals surface area contributed by atoms with Crippen LogP contribution >= 0.6 is 0 Å². The van der Waals surface area contributed by atoms with Crippen molar-refractivity contribution in [2.75, 3.05) is 5.73 Å². The number of aromatic nitrogens is 1. The summed E-state index contributed by atoms with van der Waals surface area (Å²) < 4.78 is 0. The second kappa shape index (κ2) is 4.71. The highest BCUT2D eigenvalue weighted by atomic mass is 16.4. The number of nitrogen functional groups attached to an aromatic ring is 1. The summed E-state index contributed by atoms with van der Waals surface area (Å²) in [6.45, 7) is 8.17. The quantitative estimate of drug-likeness (QED) is 0.782. The lowest BCUT2D eigenvalue weighted by molar-refractivity contribution is 0.0697. The van der Waals surface area contributed by atoms with Gasteiger partial charge < -0.3 is 15.8 Å². The van der Waals surface area contributed by atoms with Gasteiger partial charge in [0.1, 0.15) is 5.56 Å². The summed E-state index contributed by atoms with van der Waals surface area (Å²) >= 11 is 0. The molecule has 0 radical (unpaired) electrons. The van der Waals surface area contributed by atoms with Gasteiger partial charge in [0.25, 0.3) is 0 Å². The number of hydrogen-bond donors (Lipinski definition) is 3. The normalized spacial score (nSPS) is 11.6. The number of nitrogens with one attached hydrogen (secondary N) is 1. The van der Waals surface area contributed by atoms with E-state index in [0.717, 1.165) is 5.56 Å². The van der Waals surface area contributed by atoms with Crippen LogP contribution in [0.2, 0.25) is 0 Å². The lowest BCUT2D eigenvalue weighted by Crippen LogP contribution is -2.10. The van der Waals surface area contributed by atoms with Gasteiger partial charge in [-0.05, 0) is 17.9 Å². The Kier molecular flexibility index (Phi) is 3.34. The Morgan fingerprint density at radius 3 is 2.15 bits per heavy atom. The van der Waals surface area contributed by atoms with Crippen LogP contribution in [0.1, 0.15) is 42.4 Å². The number of nitrogens with two attached hydrogens (primary N) is 1. The molecule has 4 nitrogen and oxygen atoms in total. The smallest absolute Gasteiger partial charge is 0.339 e. The molecule has 0 aliphatic carbocycles. The first kappa shape index (κ1) is 14.2. The predicted molar refractivity (Wildman–Crippen MR) is 81.0 cm³/mol. The Morgan fingerprint density at radius 2 is 1.75 bits per heavy atom. The number of rotatable bonds is 2. The van der Waals surface area contributed by atoms with Crippen LogP contribution in [0.4, 0.5) is 5.69 Å². The highest BCUT2D eigenvalue weighted by Gasteiger charge is 2.20. The highest BCUT2D eigenvalue weighted by Crippen LogP contribution is 2.32. The number of H-pyrrole nitrogens is 1. The van der Waals surface area contributed by atoms with Crippen LogP contribution in [0, 0.1) is 6.92 Å². The standard InChI is InChI=1S/C16H20N2O2/c1-9-12(15(19)20)13(17)14(18-9)10-5-7-11(8-6-10)16(2,3)4/h5-8,18H,17H2,1-4H3,(H,19,20). The molecule has 4 N–H and O–H groups in total. The number of hydrogen-bond acceptors (Lipinski definition) is 2. The molecule has 0 aliphatic rings. The average molecular weight is 272 g/mol. The van der Waals surface area contributed by atoms with Crippen LogP contribution in [0.15, 0.2) is 24.3 Å². The SMILES string of the molecule is Cc1[nH]c(-c2ccc(C(C)(C)C)cc2)c(N)c1C(=O)O. The molecule has 106 valence electrons. The van der Waals surface area contributed by atoms with Crippen LogP contribution in [-0.2, 0) is 5.41 Å². The fourth-order valence-corrected chi connectivity index (χ4v) is 2.28. The van der Waals surface area contributed by atoms with E-state index in [4.69, 9.17) is 10.8 Å². The number of carbonyl (C=O) groups is 1. The zero-order valence-corrected chi connectivity index (χ0v) is 12.2. The van der Waals surface area contributed by atoms with Crippen LogP contribution in [0.25, 0.3) is 11.3 Å². The number of aromatic carboxylic acids is 1. The van der Waals surface area contributed by atoms with Gasteiger partial charge in [0.05, 0.1) is 11.4 Å². The van der Waals surface area contributed by atoms with Crippen molar-refractivity contribution in [3.05, 3.63) is 41.1 Å². The lowest BCUT2D eigenvalue weighted by atomic mass is 9.86. The van der Waals surface area contributed by atoms with E-state index in [-0.39, 0.29) is 11.0 Å². The molecule has 0 saturated heterocycles. The van der Waals surface area contributed by atoms with Crippen LogP contribution < -0.4 is 5.73 Å². The molecule has 0 saturated carbocycles. The minimum Gasteiger partial charge on any atom is -0.478 e. The molecule has 0 fully saturated rings. The zero-order valence-electron chi connectivity index (χ0n) is 12.2. The summed E-state index contributed by atoms with van der Waals surface area (Å²) in [5.41, 5.74) is 9.84. The fourth-order valence-electron chi connectivity index (χ4n) is 2.28. The maximum Gasteiger partial charge on any atom is 0.339 e. The first-order chi connectivity index (χ1) is 9.21. The maximum atomic E-state index is 11.2. The molecule has 2 rings (SSSR count). The predicted octanol–water partition coefficient (Wildman–Crippen LogP) is 3.57. The molecule has 0 aliphatic heterocycles. The molecular weight excluding hydrogens is 252 g/mol. The molecule has 0 bridgehead atoms. The average Bonchev–Trinajstić information content (AvgIpc) is 2.64. The molecular formula is C16H20N2O2. The van der Waals surface area contributed by atoms with Crippen molar-refractivity contribution in [2.24, 2.45) is 0 Å². The number of carboxylic acid groups (broad SMARTS) is 1. The van der Waals surface area contributed by atoms with Gasteiger partial charge in [-0.15, -0.1) is 0 Å². The maximum absolute atomic E-state index is 11.2. The molecule has 0 atom stereocenters. The summed E-state index contributed by atoms with van der Waals surface area (Å²) in [7, 11) is 0. The van der Waals surface area contributed by atoms with Gasteiger partial charge in [0.2, 0.25) is 0 Å². The number of aromatic amines is 1. The summed E-state index contributed by atoms with van der Waals surface area (Å²) in [6.07, 6.45) is 0. The van der Waals surface area contributed by atoms with Crippen molar-refractivity contribution < 1.29 is 9.90 Å². The number of aryl methyl sites for hydroxylation is 1. The molecule has 0 spiro atoms. The van der Waals surface area contributed by atoms with E-state index in [1.165, 1.54) is 5.56 Å². The first-order valence-electron chi connectivity index (χ1n) is 6.54.